The van der Waals surface area contributed by atoms with Gasteiger partial charge in [-0.25, -0.2) is 0 Å². The van der Waals surface area contributed by atoms with Crippen molar-refractivity contribution < 1.29 is 19.1 Å². The second-order valence-electron chi connectivity index (χ2n) is 6.88. The highest BCUT2D eigenvalue weighted by molar-refractivity contribution is 6.32. The lowest BCUT2D eigenvalue weighted by Gasteiger charge is -2.23. The summed E-state index contributed by atoms with van der Waals surface area (Å²) < 4.78 is 10.8. The number of halogens is 1. The minimum Gasteiger partial charge on any atom is -0.493 e. The van der Waals surface area contributed by atoms with Crippen LogP contribution < -0.4 is 14.4 Å². The normalized spacial score (nSPS) is 16.2. The van der Waals surface area contributed by atoms with E-state index in [1.54, 1.807) is 30.2 Å². The topological polar surface area (TPSA) is 59.1 Å². The first-order chi connectivity index (χ1) is 14.5. The SMILES string of the molecule is CCOc1c(Cl)cc(C=CC(=O)N(C)C2CCN(c3ccccc3)C2=O)cc1OC. The molecule has 1 aliphatic rings. The van der Waals surface area contributed by atoms with Gasteiger partial charge in [0.2, 0.25) is 11.8 Å². The van der Waals surface area contributed by atoms with Gasteiger partial charge in [0, 0.05) is 25.4 Å². The van der Waals surface area contributed by atoms with E-state index >= 15 is 0 Å². The van der Waals surface area contributed by atoms with E-state index in [0.717, 1.165) is 5.69 Å². The number of carbonyl (C=O) groups is 2. The van der Waals surface area contributed by atoms with Gasteiger partial charge in [-0.15, -0.1) is 0 Å². The van der Waals surface area contributed by atoms with Crippen LogP contribution in [-0.4, -0.2) is 50.1 Å². The molecular formula is C23H25ClN2O4. The molecule has 0 N–H and O–H groups in total. The largest absolute Gasteiger partial charge is 0.493 e. The van der Waals surface area contributed by atoms with Crippen molar-refractivity contribution in [3.8, 4) is 11.5 Å². The molecule has 0 spiro atoms. The first-order valence-electron chi connectivity index (χ1n) is 9.77. The van der Waals surface area contributed by atoms with Crippen LogP contribution in [0.4, 0.5) is 5.69 Å². The Hall–Kier alpha value is -2.99. The van der Waals surface area contributed by atoms with Gasteiger partial charge in [-0.1, -0.05) is 29.8 Å². The smallest absolute Gasteiger partial charge is 0.249 e. The summed E-state index contributed by atoms with van der Waals surface area (Å²) in [4.78, 5) is 28.7. The van der Waals surface area contributed by atoms with Gasteiger partial charge in [0.05, 0.1) is 18.7 Å². The number of likely N-dealkylation sites (N-methyl/N-ethyl adjacent to an activating group) is 1. The van der Waals surface area contributed by atoms with E-state index in [-0.39, 0.29) is 11.8 Å². The van der Waals surface area contributed by atoms with E-state index in [1.165, 1.54) is 18.1 Å². The Morgan fingerprint density at radius 1 is 1.30 bits per heavy atom. The number of nitrogens with zero attached hydrogens (tertiary/aromatic N) is 2. The number of hydrogen-bond donors (Lipinski definition) is 0. The Morgan fingerprint density at radius 2 is 2.03 bits per heavy atom. The van der Waals surface area contributed by atoms with Crippen molar-refractivity contribution >= 4 is 35.2 Å². The van der Waals surface area contributed by atoms with Gasteiger partial charge in [0.25, 0.3) is 0 Å². The molecule has 1 atom stereocenters. The van der Waals surface area contributed by atoms with Gasteiger partial charge in [-0.3, -0.25) is 9.59 Å². The van der Waals surface area contributed by atoms with Crippen LogP contribution >= 0.6 is 11.6 Å². The van der Waals surface area contributed by atoms with Crippen LogP contribution in [0.5, 0.6) is 11.5 Å². The Labute approximate surface area is 181 Å². The van der Waals surface area contributed by atoms with E-state index in [9.17, 15) is 9.59 Å². The molecule has 30 heavy (non-hydrogen) atoms. The highest BCUT2D eigenvalue weighted by Gasteiger charge is 2.36. The number of anilines is 1. The Kier molecular flexibility index (Phi) is 7.00. The van der Waals surface area contributed by atoms with Gasteiger partial charge in [-0.2, -0.15) is 0 Å². The second-order valence-corrected chi connectivity index (χ2v) is 7.29. The standard InChI is InChI=1S/C23H25ClN2O4/c1-4-30-22-18(24)14-16(15-20(22)29-3)10-11-21(27)25(2)19-12-13-26(23(19)28)17-8-6-5-7-9-17/h5-11,14-15,19H,4,12-13H2,1-3H3. The Bertz CT molecular complexity index is 946. The molecule has 1 heterocycles. The van der Waals surface area contributed by atoms with Crippen LogP contribution in [0.3, 0.4) is 0 Å². The number of para-hydroxylation sites is 1. The Morgan fingerprint density at radius 3 is 2.70 bits per heavy atom. The summed E-state index contributed by atoms with van der Waals surface area (Å²) >= 11 is 6.28. The maximum Gasteiger partial charge on any atom is 0.249 e. The summed E-state index contributed by atoms with van der Waals surface area (Å²) in [5.74, 6) is 0.637. The summed E-state index contributed by atoms with van der Waals surface area (Å²) in [6.07, 6.45) is 3.67. The van der Waals surface area contributed by atoms with Gasteiger partial charge in [0.1, 0.15) is 6.04 Å². The number of methoxy groups -OCH3 is 1. The zero-order chi connectivity index (χ0) is 21.7. The highest BCUT2D eigenvalue weighted by Crippen LogP contribution is 2.36. The molecule has 0 radical (unpaired) electrons. The molecule has 2 amide bonds. The lowest BCUT2D eigenvalue weighted by atomic mass is 10.1. The van der Waals surface area contributed by atoms with E-state index in [4.69, 9.17) is 21.1 Å². The molecule has 1 aliphatic heterocycles. The summed E-state index contributed by atoms with van der Waals surface area (Å²) in [6.45, 7) is 2.91. The zero-order valence-corrected chi connectivity index (χ0v) is 18.1. The fourth-order valence-corrected chi connectivity index (χ4v) is 3.72. The molecule has 158 valence electrons. The fraction of sp³-hybridized carbons (Fsp3) is 0.304. The summed E-state index contributed by atoms with van der Waals surface area (Å²) in [5, 5.41) is 0.404. The van der Waals surface area contributed by atoms with Crippen LogP contribution in [0.2, 0.25) is 5.02 Å². The number of benzene rings is 2. The summed E-state index contributed by atoms with van der Waals surface area (Å²) in [6, 6.07) is 12.4. The van der Waals surface area contributed by atoms with Crippen LogP contribution in [-0.2, 0) is 9.59 Å². The van der Waals surface area contributed by atoms with Gasteiger partial charge >= 0.3 is 0 Å². The molecule has 1 unspecified atom stereocenters. The molecule has 6 nitrogen and oxygen atoms in total. The van der Waals surface area contributed by atoms with Crippen molar-refractivity contribution in [2.75, 3.05) is 32.2 Å². The number of carbonyl (C=O) groups excluding carboxylic acids is 2. The second kappa shape index (κ2) is 9.67. The van der Waals surface area contributed by atoms with Gasteiger partial charge in [0.15, 0.2) is 11.5 Å². The van der Waals surface area contributed by atoms with Gasteiger partial charge in [-0.05, 0) is 49.2 Å². The van der Waals surface area contributed by atoms with Crippen LogP contribution in [0.1, 0.15) is 18.9 Å². The molecule has 3 rings (SSSR count). The molecule has 0 aliphatic carbocycles. The van der Waals surface area contributed by atoms with Crippen molar-refractivity contribution in [3.05, 3.63) is 59.1 Å². The maximum atomic E-state index is 12.8. The van der Waals surface area contributed by atoms with Crippen LogP contribution in [0, 0.1) is 0 Å². The Balaban J connectivity index is 1.71. The molecule has 7 heteroatoms. The lowest BCUT2D eigenvalue weighted by molar-refractivity contribution is -0.132. The first-order valence-corrected chi connectivity index (χ1v) is 10.2. The molecule has 1 fully saturated rings. The van der Waals surface area contributed by atoms with E-state index < -0.39 is 6.04 Å². The van der Waals surface area contributed by atoms with Crippen molar-refractivity contribution in [2.24, 2.45) is 0 Å². The average Bonchev–Trinajstić information content (AvgIpc) is 3.14. The predicted octanol–water partition coefficient (Wildman–Crippen LogP) is 4.02. The highest BCUT2D eigenvalue weighted by atomic mass is 35.5. The van der Waals surface area contributed by atoms with Crippen molar-refractivity contribution in [1.29, 1.82) is 0 Å². The fourth-order valence-electron chi connectivity index (χ4n) is 3.45. The number of ether oxygens (including phenoxy) is 2. The van der Waals surface area contributed by atoms with E-state index in [0.29, 0.717) is 41.7 Å². The third-order valence-electron chi connectivity index (χ3n) is 5.02. The van der Waals surface area contributed by atoms with Crippen LogP contribution in [0.25, 0.3) is 6.08 Å². The van der Waals surface area contributed by atoms with E-state index in [1.807, 2.05) is 37.3 Å². The molecule has 2 aromatic carbocycles. The number of rotatable bonds is 7. The van der Waals surface area contributed by atoms with Crippen molar-refractivity contribution in [2.45, 2.75) is 19.4 Å². The monoisotopic (exact) mass is 428 g/mol. The molecule has 0 bridgehead atoms. The van der Waals surface area contributed by atoms with Gasteiger partial charge < -0.3 is 19.3 Å². The number of amides is 2. The van der Waals surface area contributed by atoms with Crippen LogP contribution in [0.15, 0.2) is 48.5 Å². The van der Waals surface area contributed by atoms with Crippen molar-refractivity contribution in [3.63, 3.8) is 0 Å². The predicted molar refractivity (Wildman–Crippen MR) is 118 cm³/mol. The minimum atomic E-state index is -0.485. The first kappa shape index (κ1) is 21.7. The molecule has 0 saturated carbocycles. The quantitative estimate of drug-likeness (QED) is 0.625. The lowest BCUT2D eigenvalue weighted by Crippen LogP contribution is -2.42. The van der Waals surface area contributed by atoms with Crippen molar-refractivity contribution in [1.82, 2.24) is 4.90 Å². The minimum absolute atomic E-state index is 0.0729. The molecule has 1 saturated heterocycles. The van der Waals surface area contributed by atoms with E-state index in [2.05, 4.69) is 0 Å². The maximum absolute atomic E-state index is 12.8. The third-order valence-corrected chi connectivity index (χ3v) is 5.30. The summed E-state index contributed by atoms with van der Waals surface area (Å²) in [7, 11) is 3.18. The average molecular weight is 429 g/mol. The molecule has 0 aromatic heterocycles. The molecule has 2 aromatic rings. The summed E-state index contributed by atoms with van der Waals surface area (Å²) in [5.41, 5.74) is 1.54. The third kappa shape index (κ3) is 4.60. The molecular weight excluding hydrogens is 404 g/mol. The zero-order valence-electron chi connectivity index (χ0n) is 17.3. The number of hydrogen-bond acceptors (Lipinski definition) is 4.